The molecule has 0 aliphatic rings. The van der Waals surface area contributed by atoms with E-state index in [2.05, 4.69) is 0 Å². The van der Waals surface area contributed by atoms with Crippen LogP contribution in [-0.4, -0.2) is 22.9 Å². The summed E-state index contributed by atoms with van der Waals surface area (Å²) in [6, 6.07) is 20.3. The van der Waals surface area contributed by atoms with Gasteiger partial charge in [0, 0.05) is 10.9 Å². The molecular weight excluding hydrogens is 308 g/mol. The first-order valence-electron chi connectivity index (χ1n) is 7.23. The Balaban J connectivity index is 1.99. The van der Waals surface area contributed by atoms with Crippen LogP contribution >= 0.6 is 0 Å². The van der Waals surface area contributed by atoms with Gasteiger partial charge in [0.05, 0.1) is 28.6 Å². The van der Waals surface area contributed by atoms with Crippen LogP contribution < -0.4 is 4.74 Å². The Labute approximate surface area is 137 Å². The van der Waals surface area contributed by atoms with E-state index in [1.807, 2.05) is 36.4 Å². The molecule has 0 spiro atoms. The normalized spacial score (nSPS) is 12.0. The van der Waals surface area contributed by atoms with Crippen LogP contribution in [0.3, 0.4) is 0 Å². The molecule has 0 bridgehead atoms. The Morgan fingerprint density at radius 3 is 2.39 bits per heavy atom. The van der Waals surface area contributed by atoms with Gasteiger partial charge in [-0.15, -0.1) is 0 Å². The van der Waals surface area contributed by atoms with Crippen molar-refractivity contribution in [3.05, 3.63) is 72.3 Å². The predicted molar refractivity (Wildman–Crippen MR) is 92.5 cm³/mol. The summed E-state index contributed by atoms with van der Waals surface area (Å²) in [7, 11) is 0.0709. The van der Waals surface area contributed by atoms with Crippen LogP contribution in [0.2, 0.25) is 0 Å². The molecule has 3 nitrogen and oxygen atoms in total. The zero-order chi connectivity index (χ0) is 16.2. The average Bonchev–Trinajstić information content (AvgIpc) is 2.61. The Morgan fingerprint density at radius 2 is 1.65 bits per heavy atom. The van der Waals surface area contributed by atoms with Crippen molar-refractivity contribution in [3.8, 4) is 5.75 Å². The minimum Gasteiger partial charge on any atom is -0.495 e. The van der Waals surface area contributed by atoms with E-state index < -0.39 is 10.8 Å². The van der Waals surface area contributed by atoms with Gasteiger partial charge in [0.1, 0.15) is 5.75 Å². The maximum Gasteiger partial charge on any atom is 0.175 e. The molecule has 3 aromatic carbocycles. The third-order valence-corrected chi connectivity index (χ3v) is 5.05. The van der Waals surface area contributed by atoms with Gasteiger partial charge >= 0.3 is 0 Å². The van der Waals surface area contributed by atoms with Crippen molar-refractivity contribution < 1.29 is 13.7 Å². The summed E-state index contributed by atoms with van der Waals surface area (Å²) in [4.78, 5) is 12.9. The van der Waals surface area contributed by atoms with Gasteiger partial charge in [0.2, 0.25) is 0 Å². The van der Waals surface area contributed by atoms with Crippen LogP contribution in [0.1, 0.15) is 10.4 Å². The second-order valence-electron chi connectivity index (χ2n) is 5.10. The standard InChI is InChI=1S/C19H16O3S/c1-22-18-12-11-14-7-5-6-10-16(14)19(18)23(21)13-17(20)15-8-3-2-4-9-15/h2-12H,13H2,1H3. The number of ketones is 1. The van der Waals surface area contributed by atoms with E-state index in [0.717, 1.165) is 10.8 Å². The van der Waals surface area contributed by atoms with Gasteiger partial charge in [-0.1, -0.05) is 60.7 Å². The lowest BCUT2D eigenvalue weighted by Crippen LogP contribution is -2.12. The van der Waals surface area contributed by atoms with Crippen LogP contribution in [0.5, 0.6) is 5.75 Å². The van der Waals surface area contributed by atoms with Gasteiger partial charge in [-0.25, -0.2) is 0 Å². The molecule has 0 aromatic heterocycles. The van der Waals surface area contributed by atoms with Crippen molar-refractivity contribution in [3.63, 3.8) is 0 Å². The summed E-state index contributed by atoms with van der Waals surface area (Å²) >= 11 is 0. The van der Waals surface area contributed by atoms with E-state index in [9.17, 15) is 9.00 Å². The van der Waals surface area contributed by atoms with Crippen LogP contribution in [0.25, 0.3) is 10.8 Å². The number of ether oxygens (including phenoxy) is 1. The SMILES string of the molecule is COc1ccc2ccccc2c1S(=O)CC(=O)c1ccccc1. The largest absolute Gasteiger partial charge is 0.495 e. The van der Waals surface area contributed by atoms with E-state index in [4.69, 9.17) is 4.74 Å². The molecule has 0 fully saturated rings. The minimum atomic E-state index is -1.47. The Kier molecular flexibility index (Phi) is 4.53. The fraction of sp³-hybridized carbons (Fsp3) is 0.105. The van der Waals surface area contributed by atoms with E-state index in [-0.39, 0.29) is 11.5 Å². The highest BCUT2D eigenvalue weighted by molar-refractivity contribution is 7.86. The Bertz CT molecular complexity index is 872. The number of hydrogen-bond acceptors (Lipinski definition) is 3. The van der Waals surface area contributed by atoms with Crippen molar-refractivity contribution in [1.29, 1.82) is 0 Å². The maximum absolute atomic E-state index is 12.8. The molecule has 0 aliphatic carbocycles. The van der Waals surface area contributed by atoms with Gasteiger partial charge in [-0.3, -0.25) is 9.00 Å². The summed E-state index contributed by atoms with van der Waals surface area (Å²) in [5.74, 6) is 0.343. The van der Waals surface area contributed by atoms with Gasteiger partial charge in [0.15, 0.2) is 5.78 Å². The molecule has 0 radical (unpaired) electrons. The summed E-state index contributed by atoms with van der Waals surface area (Å²) in [6.07, 6.45) is 0. The van der Waals surface area contributed by atoms with Crippen molar-refractivity contribution >= 4 is 27.4 Å². The molecule has 0 amide bonds. The first-order valence-corrected chi connectivity index (χ1v) is 8.55. The third-order valence-electron chi connectivity index (χ3n) is 3.65. The Hall–Kier alpha value is -2.46. The molecule has 0 saturated heterocycles. The van der Waals surface area contributed by atoms with Crippen molar-refractivity contribution in [2.45, 2.75) is 4.90 Å². The van der Waals surface area contributed by atoms with E-state index in [1.54, 1.807) is 37.4 Å². The molecule has 0 aliphatic heterocycles. The number of methoxy groups -OCH3 is 1. The zero-order valence-electron chi connectivity index (χ0n) is 12.7. The second kappa shape index (κ2) is 6.75. The van der Waals surface area contributed by atoms with Gasteiger partial charge in [0.25, 0.3) is 0 Å². The first-order chi connectivity index (χ1) is 11.2. The number of rotatable bonds is 5. The van der Waals surface area contributed by atoms with E-state index in [0.29, 0.717) is 16.2 Å². The molecule has 1 unspecified atom stereocenters. The number of benzene rings is 3. The third kappa shape index (κ3) is 3.17. The van der Waals surface area contributed by atoms with Crippen molar-refractivity contribution in [2.75, 3.05) is 12.9 Å². The van der Waals surface area contributed by atoms with Crippen LogP contribution in [0, 0.1) is 0 Å². The summed E-state index contributed by atoms with van der Waals surface area (Å²) in [5, 5.41) is 1.83. The van der Waals surface area contributed by atoms with Crippen molar-refractivity contribution in [2.24, 2.45) is 0 Å². The van der Waals surface area contributed by atoms with Gasteiger partial charge in [-0.05, 0) is 11.5 Å². The second-order valence-corrected chi connectivity index (χ2v) is 6.49. The highest BCUT2D eigenvalue weighted by Gasteiger charge is 2.18. The highest BCUT2D eigenvalue weighted by atomic mass is 32.2. The maximum atomic E-state index is 12.8. The molecule has 3 rings (SSSR count). The van der Waals surface area contributed by atoms with Crippen LogP contribution in [-0.2, 0) is 10.8 Å². The molecule has 116 valence electrons. The molecule has 23 heavy (non-hydrogen) atoms. The molecule has 3 aromatic rings. The van der Waals surface area contributed by atoms with Crippen molar-refractivity contribution in [1.82, 2.24) is 0 Å². The van der Waals surface area contributed by atoms with Crippen LogP contribution in [0.4, 0.5) is 0 Å². The molecule has 0 saturated carbocycles. The molecule has 0 N–H and O–H groups in total. The fourth-order valence-corrected chi connectivity index (χ4v) is 3.87. The van der Waals surface area contributed by atoms with E-state index >= 15 is 0 Å². The van der Waals surface area contributed by atoms with Crippen LogP contribution in [0.15, 0.2) is 71.6 Å². The molecular formula is C19H16O3S. The highest BCUT2D eigenvalue weighted by Crippen LogP contribution is 2.31. The predicted octanol–water partition coefficient (Wildman–Crippen LogP) is 3.84. The monoisotopic (exact) mass is 324 g/mol. The molecule has 0 heterocycles. The number of fused-ring (bicyclic) bond motifs is 1. The lowest BCUT2D eigenvalue weighted by Gasteiger charge is -2.11. The van der Waals surface area contributed by atoms with Gasteiger partial charge < -0.3 is 4.74 Å². The lowest BCUT2D eigenvalue weighted by atomic mass is 10.1. The van der Waals surface area contributed by atoms with E-state index in [1.165, 1.54) is 0 Å². The number of hydrogen-bond donors (Lipinski definition) is 0. The summed E-state index contributed by atoms with van der Waals surface area (Å²) in [6.45, 7) is 0. The lowest BCUT2D eigenvalue weighted by molar-refractivity contribution is 0.102. The first kappa shape index (κ1) is 15.4. The average molecular weight is 324 g/mol. The van der Waals surface area contributed by atoms with Gasteiger partial charge in [-0.2, -0.15) is 0 Å². The fourth-order valence-electron chi connectivity index (χ4n) is 2.52. The molecule has 1 atom stereocenters. The zero-order valence-corrected chi connectivity index (χ0v) is 13.5. The Morgan fingerprint density at radius 1 is 0.957 bits per heavy atom. The quantitative estimate of drug-likeness (QED) is 0.670. The summed E-state index contributed by atoms with van der Waals surface area (Å²) < 4.78 is 18.2. The number of Topliss-reactive ketones (excluding diaryl/α,β-unsaturated/α-hetero) is 1. The topological polar surface area (TPSA) is 43.4 Å². The number of carbonyl (C=O) groups is 1. The molecule has 4 heteroatoms. The summed E-state index contributed by atoms with van der Waals surface area (Å²) in [5.41, 5.74) is 0.569. The smallest absolute Gasteiger partial charge is 0.175 e. The minimum absolute atomic E-state index is 0.0611. The number of carbonyl (C=O) groups excluding carboxylic acids is 1.